The van der Waals surface area contributed by atoms with Crippen molar-refractivity contribution in [2.24, 2.45) is 0 Å². The van der Waals surface area contributed by atoms with Gasteiger partial charge in [-0.25, -0.2) is 0 Å². The molecule has 0 saturated carbocycles. The second-order valence-corrected chi connectivity index (χ2v) is 5.02. The maximum atomic E-state index is 5.36. The van der Waals surface area contributed by atoms with Gasteiger partial charge >= 0.3 is 0 Å². The van der Waals surface area contributed by atoms with E-state index >= 15 is 0 Å². The summed E-state index contributed by atoms with van der Waals surface area (Å²) in [6.07, 6.45) is 2.71. The first-order chi connectivity index (χ1) is 8.20. The van der Waals surface area contributed by atoms with E-state index < -0.39 is 0 Å². The van der Waals surface area contributed by atoms with Crippen LogP contribution in [0.15, 0.2) is 45.5 Å². The molecule has 0 aliphatic rings. The lowest BCUT2D eigenvalue weighted by Crippen LogP contribution is -2.19. The summed E-state index contributed by atoms with van der Waals surface area (Å²) in [6.45, 7) is 2.00. The van der Waals surface area contributed by atoms with Crippen molar-refractivity contribution in [3.63, 3.8) is 0 Å². The summed E-state index contributed by atoms with van der Waals surface area (Å²) >= 11 is 3.45. The Morgan fingerprint density at radius 2 is 1.94 bits per heavy atom. The molecule has 1 aromatic heterocycles. The summed E-state index contributed by atoms with van der Waals surface area (Å²) in [5, 5.41) is 3.34. The van der Waals surface area contributed by atoms with Gasteiger partial charge in [-0.2, -0.15) is 0 Å². The van der Waals surface area contributed by atoms with Gasteiger partial charge in [0, 0.05) is 16.1 Å². The molecule has 1 aromatic carbocycles. The van der Waals surface area contributed by atoms with E-state index in [0.717, 1.165) is 16.7 Å². The minimum Gasteiger partial charge on any atom is -0.469 e. The van der Waals surface area contributed by atoms with Crippen LogP contribution in [0.25, 0.3) is 0 Å². The molecule has 2 rings (SSSR count). The zero-order valence-electron chi connectivity index (χ0n) is 10.0. The van der Waals surface area contributed by atoms with Crippen LogP contribution in [-0.2, 0) is 6.42 Å². The minimum absolute atomic E-state index is 0.301. The normalized spacial score (nSPS) is 12.6. The third kappa shape index (κ3) is 2.99. The van der Waals surface area contributed by atoms with Gasteiger partial charge in [0.1, 0.15) is 5.76 Å². The highest BCUT2D eigenvalue weighted by atomic mass is 79.9. The summed E-state index contributed by atoms with van der Waals surface area (Å²) in [5.41, 5.74) is 2.54. The van der Waals surface area contributed by atoms with Gasteiger partial charge in [0.05, 0.1) is 6.26 Å². The van der Waals surface area contributed by atoms with Gasteiger partial charge in [-0.15, -0.1) is 0 Å². The van der Waals surface area contributed by atoms with Crippen molar-refractivity contribution in [2.75, 3.05) is 7.05 Å². The van der Waals surface area contributed by atoms with Crippen molar-refractivity contribution in [1.82, 2.24) is 5.32 Å². The van der Waals surface area contributed by atoms with E-state index in [9.17, 15) is 0 Å². The Morgan fingerprint density at radius 3 is 2.47 bits per heavy atom. The Labute approximate surface area is 110 Å². The second kappa shape index (κ2) is 5.52. The topological polar surface area (TPSA) is 25.2 Å². The first-order valence-electron chi connectivity index (χ1n) is 5.66. The third-order valence-corrected chi connectivity index (χ3v) is 3.50. The zero-order valence-corrected chi connectivity index (χ0v) is 11.6. The molecular weight excluding hydrogens is 278 g/mol. The van der Waals surface area contributed by atoms with E-state index in [1.807, 2.05) is 20.0 Å². The number of benzene rings is 1. The lowest BCUT2D eigenvalue weighted by Gasteiger charge is -2.15. The average molecular weight is 294 g/mol. The third-order valence-electron chi connectivity index (χ3n) is 2.98. The van der Waals surface area contributed by atoms with Crippen LogP contribution in [0.5, 0.6) is 0 Å². The summed E-state index contributed by atoms with van der Waals surface area (Å²) in [4.78, 5) is 0. The molecule has 0 radical (unpaired) electrons. The van der Waals surface area contributed by atoms with Gasteiger partial charge in [0.2, 0.25) is 0 Å². The van der Waals surface area contributed by atoms with Crippen molar-refractivity contribution in [2.45, 2.75) is 19.4 Å². The fraction of sp³-hybridized carbons (Fsp3) is 0.286. The SMILES string of the molecule is CNC(Cc1ccc(Br)cc1)c1ccoc1C. The fourth-order valence-corrected chi connectivity index (χ4v) is 2.24. The minimum atomic E-state index is 0.301. The van der Waals surface area contributed by atoms with Gasteiger partial charge in [-0.1, -0.05) is 28.1 Å². The molecule has 0 amide bonds. The highest BCUT2D eigenvalue weighted by Gasteiger charge is 2.14. The van der Waals surface area contributed by atoms with Gasteiger partial charge in [-0.05, 0) is 44.2 Å². The largest absolute Gasteiger partial charge is 0.469 e. The van der Waals surface area contributed by atoms with Crippen molar-refractivity contribution in [3.8, 4) is 0 Å². The van der Waals surface area contributed by atoms with Gasteiger partial charge < -0.3 is 9.73 Å². The summed E-state index contributed by atoms with van der Waals surface area (Å²) < 4.78 is 6.47. The van der Waals surface area contributed by atoms with E-state index in [1.54, 1.807) is 6.26 Å². The lowest BCUT2D eigenvalue weighted by atomic mass is 10.00. The van der Waals surface area contributed by atoms with E-state index in [-0.39, 0.29) is 0 Å². The van der Waals surface area contributed by atoms with Gasteiger partial charge in [-0.3, -0.25) is 0 Å². The molecule has 0 aliphatic heterocycles. The van der Waals surface area contributed by atoms with Crippen LogP contribution in [0.1, 0.15) is 22.9 Å². The molecule has 17 heavy (non-hydrogen) atoms. The Bertz CT molecular complexity index is 475. The number of likely N-dealkylation sites (N-methyl/N-ethyl adjacent to an activating group) is 1. The molecule has 0 fully saturated rings. The molecule has 3 heteroatoms. The molecule has 0 bridgehead atoms. The molecule has 0 aliphatic carbocycles. The first kappa shape index (κ1) is 12.4. The summed E-state index contributed by atoms with van der Waals surface area (Å²) in [7, 11) is 1.98. The number of halogens is 1. The van der Waals surface area contributed by atoms with Crippen LogP contribution in [0.3, 0.4) is 0 Å². The number of furan rings is 1. The van der Waals surface area contributed by atoms with Gasteiger partial charge in [0.25, 0.3) is 0 Å². The molecule has 1 heterocycles. The molecular formula is C14H16BrNO. The highest BCUT2D eigenvalue weighted by molar-refractivity contribution is 9.10. The number of rotatable bonds is 4. The van der Waals surface area contributed by atoms with Gasteiger partial charge in [0.15, 0.2) is 0 Å². The highest BCUT2D eigenvalue weighted by Crippen LogP contribution is 2.23. The molecule has 0 saturated heterocycles. The van der Waals surface area contributed by atoms with Crippen LogP contribution in [-0.4, -0.2) is 7.05 Å². The maximum Gasteiger partial charge on any atom is 0.105 e. The smallest absolute Gasteiger partial charge is 0.105 e. The summed E-state index contributed by atoms with van der Waals surface area (Å²) in [6, 6.07) is 10.8. The van der Waals surface area contributed by atoms with E-state index in [4.69, 9.17) is 4.42 Å². The lowest BCUT2D eigenvalue weighted by molar-refractivity contribution is 0.512. The molecule has 1 atom stereocenters. The first-order valence-corrected chi connectivity index (χ1v) is 6.45. The van der Waals surface area contributed by atoms with Crippen molar-refractivity contribution >= 4 is 15.9 Å². The molecule has 2 aromatic rings. The predicted octanol–water partition coefficient (Wildman–Crippen LogP) is 3.85. The molecule has 2 nitrogen and oxygen atoms in total. The quantitative estimate of drug-likeness (QED) is 0.926. The molecule has 1 N–H and O–H groups in total. The van der Waals surface area contributed by atoms with Crippen LogP contribution < -0.4 is 5.32 Å². The molecule has 0 spiro atoms. The standard InChI is InChI=1S/C14H16BrNO/c1-10-13(7-8-17-10)14(16-2)9-11-3-5-12(15)6-4-11/h3-8,14,16H,9H2,1-2H3. The number of hydrogen-bond donors (Lipinski definition) is 1. The van der Waals surface area contributed by atoms with E-state index in [1.165, 1.54) is 11.1 Å². The van der Waals surface area contributed by atoms with Crippen LogP contribution in [0.4, 0.5) is 0 Å². The van der Waals surface area contributed by atoms with Crippen molar-refractivity contribution < 1.29 is 4.42 Å². The second-order valence-electron chi connectivity index (χ2n) is 4.10. The summed E-state index contributed by atoms with van der Waals surface area (Å²) in [5.74, 6) is 0.987. The number of aryl methyl sites for hydroxylation is 1. The van der Waals surface area contributed by atoms with Crippen molar-refractivity contribution in [1.29, 1.82) is 0 Å². The van der Waals surface area contributed by atoms with Crippen LogP contribution in [0.2, 0.25) is 0 Å². The average Bonchev–Trinajstić information content (AvgIpc) is 2.75. The van der Waals surface area contributed by atoms with E-state index in [0.29, 0.717) is 6.04 Å². The molecule has 1 unspecified atom stereocenters. The molecule has 90 valence electrons. The maximum absolute atomic E-state index is 5.36. The predicted molar refractivity (Wildman–Crippen MR) is 73.1 cm³/mol. The van der Waals surface area contributed by atoms with Crippen LogP contribution >= 0.6 is 15.9 Å². The zero-order chi connectivity index (χ0) is 12.3. The monoisotopic (exact) mass is 293 g/mol. The Kier molecular flexibility index (Phi) is 4.02. The Balaban J connectivity index is 2.16. The Hall–Kier alpha value is -1.06. The van der Waals surface area contributed by atoms with Crippen LogP contribution in [0, 0.1) is 6.92 Å². The fourth-order valence-electron chi connectivity index (χ4n) is 1.98. The number of hydrogen-bond acceptors (Lipinski definition) is 2. The number of nitrogens with one attached hydrogen (secondary N) is 1. The Morgan fingerprint density at radius 1 is 1.24 bits per heavy atom. The van der Waals surface area contributed by atoms with E-state index in [2.05, 4.69) is 45.5 Å². The van der Waals surface area contributed by atoms with Crippen molar-refractivity contribution in [3.05, 3.63) is 58.0 Å².